The number of nitrogens with zero attached hydrogens (tertiary/aromatic N) is 1. The van der Waals surface area contributed by atoms with Crippen molar-refractivity contribution in [3.05, 3.63) is 59.7 Å². The van der Waals surface area contributed by atoms with Crippen LogP contribution in [0.4, 0.5) is 5.69 Å². The van der Waals surface area contributed by atoms with Crippen molar-refractivity contribution < 1.29 is 29.5 Å². The lowest BCUT2D eigenvalue weighted by Gasteiger charge is -2.25. The number of aryl methyl sites for hydroxylation is 1. The van der Waals surface area contributed by atoms with E-state index in [-0.39, 0.29) is 11.7 Å². The predicted octanol–water partition coefficient (Wildman–Crippen LogP) is 1.06. The summed E-state index contributed by atoms with van der Waals surface area (Å²) >= 11 is 0. The summed E-state index contributed by atoms with van der Waals surface area (Å²) in [5.74, 6) is -2.71. The fourth-order valence-corrected chi connectivity index (χ4v) is 4.63. The standard InChI is InChI=1S/C22H22N2O5/c1-12-4-8-14(9-5-12)24-19(26)16-17(20(24)27)22(2,21(28)29-3)23-18(16)13-6-10-15(25)11-7-13/h4-11,16-18,23,25H,1-3H3/p+1/t16-,17+,18+,22+/m0/s1. The highest BCUT2D eigenvalue weighted by atomic mass is 16.5. The van der Waals surface area contributed by atoms with Gasteiger partial charge in [-0.05, 0) is 43.3 Å². The molecule has 7 heteroatoms. The SMILES string of the molecule is COC(=O)[C@]1(C)[NH2+][C@H](c2ccc(O)cc2)[C@H]2C(=O)N(c3ccc(C)cc3)C(=O)[C@@H]21. The quantitative estimate of drug-likeness (QED) is 0.598. The van der Waals surface area contributed by atoms with Crippen LogP contribution in [0.1, 0.15) is 24.1 Å². The van der Waals surface area contributed by atoms with Gasteiger partial charge in [-0.25, -0.2) is 9.69 Å². The van der Waals surface area contributed by atoms with E-state index >= 15 is 0 Å². The Kier molecular flexibility index (Phi) is 4.42. The minimum atomic E-state index is -1.23. The van der Waals surface area contributed by atoms with Crippen LogP contribution < -0.4 is 10.2 Å². The van der Waals surface area contributed by atoms with Crippen LogP contribution in [0, 0.1) is 18.8 Å². The van der Waals surface area contributed by atoms with Crippen LogP contribution in [0.5, 0.6) is 5.75 Å². The van der Waals surface area contributed by atoms with Crippen molar-refractivity contribution >= 4 is 23.5 Å². The Labute approximate surface area is 168 Å². The molecule has 7 nitrogen and oxygen atoms in total. The van der Waals surface area contributed by atoms with Crippen LogP contribution in [-0.4, -0.2) is 35.5 Å². The molecule has 29 heavy (non-hydrogen) atoms. The van der Waals surface area contributed by atoms with E-state index in [1.54, 1.807) is 36.5 Å². The van der Waals surface area contributed by atoms with Crippen molar-refractivity contribution in [3.63, 3.8) is 0 Å². The second kappa shape index (κ2) is 6.70. The molecule has 0 aliphatic carbocycles. The third-order valence-electron chi connectivity index (χ3n) is 6.11. The van der Waals surface area contributed by atoms with Gasteiger partial charge in [0.15, 0.2) is 0 Å². The number of nitrogens with two attached hydrogens (primary N) is 1. The van der Waals surface area contributed by atoms with Gasteiger partial charge in [0.05, 0.1) is 12.8 Å². The zero-order valence-electron chi connectivity index (χ0n) is 16.5. The lowest BCUT2D eigenvalue weighted by Crippen LogP contribution is -2.97. The molecule has 2 heterocycles. The molecule has 0 spiro atoms. The maximum Gasteiger partial charge on any atom is 0.368 e. The number of imide groups is 1. The first-order chi connectivity index (χ1) is 13.8. The first kappa shape index (κ1) is 19.1. The number of anilines is 1. The first-order valence-corrected chi connectivity index (χ1v) is 9.46. The summed E-state index contributed by atoms with van der Waals surface area (Å²) in [6, 6.07) is 13.2. The molecule has 2 aliphatic heterocycles. The van der Waals surface area contributed by atoms with E-state index in [0.29, 0.717) is 5.69 Å². The molecule has 2 aromatic carbocycles. The average molecular weight is 395 g/mol. The zero-order valence-corrected chi connectivity index (χ0v) is 16.5. The summed E-state index contributed by atoms with van der Waals surface area (Å²) in [7, 11) is 1.28. The number of phenolic OH excluding ortho intramolecular Hbond substituents is 1. The smallest absolute Gasteiger partial charge is 0.368 e. The van der Waals surface area contributed by atoms with E-state index in [1.807, 2.05) is 19.1 Å². The minimum Gasteiger partial charge on any atom is -0.508 e. The molecule has 0 saturated carbocycles. The van der Waals surface area contributed by atoms with Gasteiger partial charge >= 0.3 is 5.97 Å². The molecular formula is C22H23N2O5+. The normalized spacial score (nSPS) is 28.5. The van der Waals surface area contributed by atoms with Crippen LogP contribution in [-0.2, 0) is 19.1 Å². The van der Waals surface area contributed by atoms with Gasteiger partial charge in [-0.15, -0.1) is 0 Å². The third-order valence-corrected chi connectivity index (χ3v) is 6.11. The summed E-state index contributed by atoms with van der Waals surface area (Å²) < 4.78 is 5.00. The number of quaternary nitrogens is 1. The third kappa shape index (κ3) is 2.81. The Morgan fingerprint density at radius 3 is 2.28 bits per heavy atom. The first-order valence-electron chi connectivity index (χ1n) is 9.46. The Morgan fingerprint density at radius 2 is 1.69 bits per heavy atom. The summed E-state index contributed by atoms with van der Waals surface area (Å²) in [4.78, 5) is 40.7. The zero-order chi connectivity index (χ0) is 20.9. The van der Waals surface area contributed by atoms with E-state index in [4.69, 9.17) is 4.74 Å². The highest BCUT2D eigenvalue weighted by Gasteiger charge is 2.70. The maximum atomic E-state index is 13.4. The molecule has 150 valence electrons. The summed E-state index contributed by atoms with van der Waals surface area (Å²) in [6.07, 6.45) is 0. The highest BCUT2D eigenvalue weighted by molar-refractivity contribution is 6.23. The van der Waals surface area contributed by atoms with Gasteiger partial charge in [0, 0.05) is 12.5 Å². The van der Waals surface area contributed by atoms with E-state index in [2.05, 4.69) is 0 Å². The lowest BCUT2D eigenvalue weighted by molar-refractivity contribution is -0.730. The number of fused-ring (bicyclic) bond motifs is 1. The fraction of sp³-hybridized carbons (Fsp3) is 0.318. The van der Waals surface area contributed by atoms with Crippen molar-refractivity contribution in [1.82, 2.24) is 0 Å². The second-order valence-corrected chi connectivity index (χ2v) is 7.91. The number of hydrogen-bond donors (Lipinski definition) is 2. The van der Waals surface area contributed by atoms with Crippen LogP contribution in [0.2, 0.25) is 0 Å². The fourth-order valence-electron chi connectivity index (χ4n) is 4.63. The Morgan fingerprint density at radius 1 is 1.07 bits per heavy atom. The number of aromatic hydroxyl groups is 1. The van der Waals surface area contributed by atoms with E-state index in [1.165, 1.54) is 24.1 Å². The van der Waals surface area contributed by atoms with Gasteiger partial charge in [0.25, 0.3) is 0 Å². The molecule has 0 bridgehead atoms. The van der Waals surface area contributed by atoms with Gasteiger partial charge in [0.2, 0.25) is 17.4 Å². The number of amides is 2. The number of benzene rings is 2. The van der Waals surface area contributed by atoms with E-state index in [9.17, 15) is 19.5 Å². The topological polar surface area (TPSA) is 101 Å². The molecule has 3 N–H and O–H groups in total. The molecule has 0 unspecified atom stereocenters. The monoisotopic (exact) mass is 395 g/mol. The van der Waals surface area contributed by atoms with Gasteiger partial charge in [-0.3, -0.25) is 9.59 Å². The lowest BCUT2D eigenvalue weighted by atomic mass is 9.80. The molecule has 0 aromatic heterocycles. The summed E-state index contributed by atoms with van der Waals surface area (Å²) in [5, 5.41) is 11.4. The van der Waals surface area contributed by atoms with Crippen molar-refractivity contribution in [2.24, 2.45) is 11.8 Å². The Bertz CT molecular complexity index is 985. The van der Waals surface area contributed by atoms with Crippen LogP contribution in [0.3, 0.4) is 0 Å². The molecule has 0 radical (unpaired) electrons. The van der Waals surface area contributed by atoms with Crippen LogP contribution >= 0.6 is 0 Å². The van der Waals surface area contributed by atoms with E-state index in [0.717, 1.165) is 11.1 Å². The van der Waals surface area contributed by atoms with Gasteiger partial charge in [-0.1, -0.05) is 17.7 Å². The number of rotatable bonds is 3. The molecule has 2 aliphatic rings. The highest BCUT2D eigenvalue weighted by Crippen LogP contribution is 2.45. The average Bonchev–Trinajstić information content (AvgIpc) is 3.17. The van der Waals surface area contributed by atoms with Gasteiger partial charge < -0.3 is 15.2 Å². The van der Waals surface area contributed by atoms with Gasteiger partial charge in [-0.2, -0.15) is 0 Å². The molecule has 2 amide bonds. The maximum absolute atomic E-state index is 13.4. The largest absolute Gasteiger partial charge is 0.508 e. The van der Waals surface area contributed by atoms with Crippen LogP contribution in [0.25, 0.3) is 0 Å². The number of hydrogen-bond acceptors (Lipinski definition) is 5. The molecule has 2 fully saturated rings. The van der Waals surface area contributed by atoms with Crippen molar-refractivity contribution in [1.29, 1.82) is 0 Å². The van der Waals surface area contributed by atoms with E-state index < -0.39 is 35.3 Å². The second-order valence-electron chi connectivity index (χ2n) is 7.91. The van der Waals surface area contributed by atoms with Crippen molar-refractivity contribution in [2.75, 3.05) is 12.0 Å². The molecule has 2 aromatic rings. The molecule has 4 rings (SSSR count). The number of phenols is 1. The molecule has 2 saturated heterocycles. The molecular weight excluding hydrogens is 372 g/mol. The number of ether oxygens (including phenoxy) is 1. The Balaban J connectivity index is 1.81. The summed E-state index contributed by atoms with van der Waals surface area (Å²) in [5.41, 5.74) is 1.05. The summed E-state index contributed by atoms with van der Waals surface area (Å²) in [6.45, 7) is 3.58. The van der Waals surface area contributed by atoms with Gasteiger partial charge in [0.1, 0.15) is 23.6 Å². The predicted molar refractivity (Wildman–Crippen MR) is 104 cm³/mol. The van der Waals surface area contributed by atoms with Crippen molar-refractivity contribution in [2.45, 2.75) is 25.4 Å². The number of esters is 1. The number of carbonyl (C=O) groups is 3. The Hall–Kier alpha value is -3.19. The number of carbonyl (C=O) groups excluding carboxylic acids is 3. The van der Waals surface area contributed by atoms with Crippen molar-refractivity contribution in [3.8, 4) is 5.75 Å². The van der Waals surface area contributed by atoms with Crippen LogP contribution in [0.15, 0.2) is 48.5 Å². The molecule has 4 atom stereocenters. The minimum absolute atomic E-state index is 0.106. The number of methoxy groups -OCH3 is 1.